The second kappa shape index (κ2) is 6.58. The van der Waals surface area contributed by atoms with Gasteiger partial charge in [0.05, 0.1) is 12.7 Å². The second-order valence-corrected chi connectivity index (χ2v) is 3.86. The molecule has 0 aliphatic carbocycles. The third-order valence-corrected chi connectivity index (χ3v) is 2.29. The fourth-order valence-electron chi connectivity index (χ4n) is 1.02. The highest BCUT2D eigenvalue weighted by molar-refractivity contribution is 9.10. The molecule has 0 radical (unpaired) electrons. The molecule has 0 aromatic heterocycles. The number of hydrogen-bond donors (Lipinski definition) is 0. The van der Waals surface area contributed by atoms with Crippen LogP contribution in [0.25, 0.3) is 0 Å². The number of ether oxygens (including phenoxy) is 1. The Labute approximate surface area is 92.6 Å². The van der Waals surface area contributed by atoms with Gasteiger partial charge >= 0.3 is 0 Å². The van der Waals surface area contributed by atoms with Gasteiger partial charge in [-0.2, -0.15) is 5.26 Å². The Bertz CT molecular complexity index is 302. The van der Waals surface area contributed by atoms with Gasteiger partial charge in [-0.1, -0.05) is 28.1 Å². The quantitative estimate of drug-likeness (QED) is 0.755. The Morgan fingerprint density at radius 1 is 1.29 bits per heavy atom. The maximum atomic E-state index is 8.30. The second-order valence-electron chi connectivity index (χ2n) is 2.94. The zero-order valence-electron chi connectivity index (χ0n) is 7.87. The lowest BCUT2D eigenvalue weighted by Gasteiger charge is -2.02. The van der Waals surface area contributed by atoms with Crippen molar-refractivity contribution in [2.24, 2.45) is 0 Å². The summed E-state index contributed by atoms with van der Waals surface area (Å²) in [5, 5.41) is 8.30. The van der Waals surface area contributed by atoms with E-state index in [2.05, 4.69) is 22.0 Å². The Hall–Kier alpha value is -0.850. The van der Waals surface area contributed by atoms with Crippen molar-refractivity contribution in [3.63, 3.8) is 0 Å². The summed E-state index contributed by atoms with van der Waals surface area (Å²) in [6, 6.07) is 10.1. The average molecular weight is 254 g/mol. The van der Waals surface area contributed by atoms with Crippen molar-refractivity contribution in [3.05, 3.63) is 34.3 Å². The van der Waals surface area contributed by atoms with E-state index in [-0.39, 0.29) is 0 Å². The molecule has 1 aromatic carbocycles. The topological polar surface area (TPSA) is 33.0 Å². The van der Waals surface area contributed by atoms with Gasteiger partial charge in [0, 0.05) is 17.5 Å². The van der Waals surface area contributed by atoms with Crippen molar-refractivity contribution in [1.29, 1.82) is 5.26 Å². The van der Waals surface area contributed by atoms with Gasteiger partial charge in [0.15, 0.2) is 0 Å². The largest absolute Gasteiger partial charge is 0.377 e. The highest BCUT2D eigenvalue weighted by Gasteiger charge is 1.93. The maximum absolute atomic E-state index is 8.30. The number of rotatable bonds is 5. The molecule has 14 heavy (non-hydrogen) atoms. The van der Waals surface area contributed by atoms with Crippen molar-refractivity contribution in [3.8, 4) is 6.07 Å². The predicted molar refractivity (Wildman–Crippen MR) is 58.6 cm³/mol. The molecule has 1 rings (SSSR count). The van der Waals surface area contributed by atoms with Crippen molar-refractivity contribution < 1.29 is 4.74 Å². The number of nitriles is 1. The minimum Gasteiger partial charge on any atom is -0.377 e. The zero-order valence-corrected chi connectivity index (χ0v) is 9.46. The minimum absolute atomic E-state index is 0.570. The van der Waals surface area contributed by atoms with Gasteiger partial charge in [0.25, 0.3) is 0 Å². The molecular weight excluding hydrogens is 242 g/mol. The van der Waals surface area contributed by atoms with E-state index in [4.69, 9.17) is 10.00 Å². The Morgan fingerprint density at radius 2 is 2.00 bits per heavy atom. The standard InChI is InChI=1S/C11H12BrNO/c12-11-5-3-10(4-6-11)9-14-8-2-1-7-13/h3-6H,1-2,8-9H2. The van der Waals surface area contributed by atoms with Crippen LogP contribution < -0.4 is 0 Å². The maximum Gasteiger partial charge on any atom is 0.0716 e. The molecule has 0 N–H and O–H groups in total. The Morgan fingerprint density at radius 3 is 2.64 bits per heavy atom. The summed E-state index contributed by atoms with van der Waals surface area (Å²) in [5.74, 6) is 0. The van der Waals surface area contributed by atoms with Crippen LogP contribution in [0.15, 0.2) is 28.7 Å². The number of hydrogen-bond acceptors (Lipinski definition) is 2. The number of unbranched alkanes of at least 4 members (excludes halogenated alkanes) is 1. The average Bonchev–Trinajstić information content (AvgIpc) is 2.21. The van der Waals surface area contributed by atoms with E-state index < -0.39 is 0 Å². The van der Waals surface area contributed by atoms with Crippen molar-refractivity contribution in [1.82, 2.24) is 0 Å². The lowest BCUT2D eigenvalue weighted by molar-refractivity contribution is 0.119. The normalized spacial score (nSPS) is 9.71. The van der Waals surface area contributed by atoms with Gasteiger partial charge in [-0.25, -0.2) is 0 Å². The highest BCUT2D eigenvalue weighted by atomic mass is 79.9. The first-order chi connectivity index (χ1) is 6.83. The van der Waals surface area contributed by atoms with E-state index in [1.54, 1.807) is 0 Å². The SMILES string of the molecule is N#CCCCOCc1ccc(Br)cc1. The summed E-state index contributed by atoms with van der Waals surface area (Å²) in [5.41, 5.74) is 1.16. The molecule has 0 fully saturated rings. The molecule has 0 atom stereocenters. The van der Waals surface area contributed by atoms with E-state index in [0.717, 1.165) is 16.5 Å². The van der Waals surface area contributed by atoms with Crippen LogP contribution in [0, 0.1) is 11.3 Å². The number of nitrogens with zero attached hydrogens (tertiary/aromatic N) is 1. The molecule has 74 valence electrons. The van der Waals surface area contributed by atoms with Gasteiger partial charge in [0.2, 0.25) is 0 Å². The molecule has 3 heteroatoms. The van der Waals surface area contributed by atoms with Gasteiger partial charge in [-0.3, -0.25) is 0 Å². The van der Waals surface area contributed by atoms with Crippen molar-refractivity contribution in [2.45, 2.75) is 19.4 Å². The molecule has 0 saturated carbocycles. The first-order valence-corrected chi connectivity index (χ1v) is 5.31. The summed E-state index contributed by atoms with van der Waals surface area (Å²) in [7, 11) is 0. The van der Waals surface area contributed by atoms with Gasteiger partial charge in [-0.15, -0.1) is 0 Å². The van der Waals surface area contributed by atoms with Gasteiger partial charge < -0.3 is 4.74 Å². The molecular formula is C11H12BrNO. The summed E-state index contributed by atoms with van der Waals surface area (Å²) in [6.45, 7) is 1.28. The molecule has 0 spiro atoms. The molecule has 0 amide bonds. The Balaban J connectivity index is 2.19. The van der Waals surface area contributed by atoms with Gasteiger partial charge in [0.1, 0.15) is 0 Å². The van der Waals surface area contributed by atoms with Crippen LogP contribution in [0.3, 0.4) is 0 Å². The van der Waals surface area contributed by atoms with E-state index in [1.807, 2.05) is 24.3 Å². The summed E-state index contributed by atoms with van der Waals surface area (Å²) < 4.78 is 6.47. The Kier molecular flexibility index (Phi) is 5.28. The lowest BCUT2D eigenvalue weighted by Crippen LogP contribution is -1.94. The minimum atomic E-state index is 0.570. The lowest BCUT2D eigenvalue weighted by atomic mass is 10.2. The van der Waals surface area contributed by atoms with E-state index in [1.165, 1.54) is 0 Å². The molecule has 1 aromatic rings. The summed E-state index contributed by atoms with van der Waals surface area (Å²) >= 11 is 3.37. The third kappa shape index (κ3) is 4.40. The number of halogens is 1. The summed E-state index contributed by atoms with van der Waals surface area (Å²) in [4.78, 5) is 0. The van der Waals surface area contributed by atoms with Crippen molar-refractivity contribution in [2.75, 3.05) is 6.61 Å². The monoisotopic (exact) mass is 253 g/mol. The fourth-order valence-corrected chi connectivity index (χ4v) is 1.29. The van der Waals surface area contributed by atoms with Crippen molar-refractivity contribution >= 4 is 15.9 Å². The molecule has 2 nitrogen and oxygen atoms in total. The van der Waals surface area contributed by atoms with E-state index in [9.17, 15) is 0 Å². The predicted octanol–water partition coefficient (Wildman–Crippen LogP) is 3.27. The van der Waals surface area contributed by atoms with E-state index in [0.29, 0.717) is 19.6 Å². The molecule has 0 saturated heterocycles. The molecule has 0 heterocycles. The smallest absolute Gasteiger partial charge is 0.0716 e. The third-order valence-electron chi connectivity index (χ3n) is 1.76. The zero-order chi connectivity index (χ0) is 10.2. The highest BCUT2D eigenvalue weighted by Crippen LogP contribution is 2.11. The fraction of sp³-hybridized carbons (Fsp3) is 0.364. The van der Waals surface area contributed by atoms with Crippen LogP contribution in [0.4, 0.5) is 0 Å². The van der Waals surface area contributed by atoms with Crippen LogP contribution in [-0.2, 0) is 11.3 Å². The molecule has 0 unspecified atom stereocenters. The molecule has 0 aliphatic rings. The van der Waals surface area contributed by atoms with Crippen LogP contribution in [-0.4, -0.2) is 6.61 Å². The van der Waals surface area contributed by atoms with E-state index >= 15 is 0 Å². The number of benzene rings is 1. The van der Waals surface area contributed by atoms with Crippen LogP contribution >= 0.6 is 15.9 Å². The van der Waals surface area contributed by atoms with Crippen LogP contribution in [0.1, 0.15) is 18.4 Å². The summed E-state index contributed by atoms with van der Waals surface area (Å²) in [6.07, 6.45) is 1.38. The first kappa shape index (κ1) is 11.2. The molecule has 0 aliphatic heterocycles. The van der Waals surface area contributed by atoms with Crippen LogP contribution in [0.2, 0.25) is 0 Å². The van der Waals surface area contributed by atoms with Crippen LogP contribution in [0.5, 0.6) is 0 Å². The first-order valence-electron chi connectivity index (χ1n) is 4.52. The molecule has 0 bridgehead atoms. The van der Waals surface area contributed by atoms with Gasteiger partial charge in [-0.05, 0) is 24.1 Å².